The van der Waals surface area contributed by atoms with E-state index in [4.69, 9.17) is 0 Å². The SMILES string of the molecule is CC1C=c2c([nH]c3c4ccccc4c4sc5c6ccccc6ccc5c4c23)=CC1. The summed E-state index contributed by atoms with van der Waals surface area (Å²) in [7, 11) is 0. The molecule has 0 bridgehead atoms. The van der Waals surface area contributed by atoms with Crippen LogP contribution in [0.25, 0.3) is 64.8 Å². The standard InChI is InChI=1S/C27H19NS/c1-15-10-13-22-21(14-15)23-24-20-12-11-16-6-2-3-7-17(16)26(20)29-27(24)19-9-5-4-8-18(19)25(23)28-22/h2-9,11-15,28H,10H2,1H3. The van der Waals surface area contributed by atoms with Gasteiger partial charge in [-0.2, -0.15) is 0 Å². The van der Waals surface area contributed by atoms with Crippen molar-refractivity contribution in [1.29, 1.82) is 0 Å². The fourth-order valence-electron chi connectivity index (χ4n) is 5.15. The molecule has 1 atom stereocenters. The molecule has 1 nitrogen and oxygen atoms in total. The van der Waals surface area contributed by atoms with E-state index in [1.165, 1.54) is 63.2 Å². The summed E-state index contributed by atoms with van der Waals surface area (Å²) in [5.74, 6) is 0.578. The van der Waals surface area contributed by atoms with E-state index in [1.807, 2.05) is 11.3 Å². The maximum Gasteiger partial charge on any atom is 0.0551 e. The van der Waals surface area contributed by atoms with Gasteiger partial charge in [-0.15, -0.1) is 11.3 Å². The van der Waals surface area contributed by atoms with Crippen molar-refractivity contribution in [3.8, 4) is 0 Å². The Bertz CT molecular complexity index is 1750. The summed E-state index contributed by atoms with van der Waals surface area (Å²) >= 11 is 1.95. The Balaban J connectivity index is 1.88. The van der Waals surface area contributed by atoms with Crippen molar-refractivity contribution in [2.75, 3.05) is 0 Å². The van der Waals surface area contributed by atoms with Gasteiger partial charge >= 0.3 is 0 Å². The van der Waals surface area contributed by atoms with Crippen molar-refractivity contribution >= 4 is 76.1 Å². The summed E-state index contributed by atoms with van der Waals surface area (Å²) in [5.41, 5.74) is 1.28. The maximum absolute atomic E-state index is 3.78. The molecule has 4 aromatic carbocycles. The molecule has 29 heavy (non-hydrogen) atoms. The predicted octanol–water partition coefficient (Wildman–Crippen LogP) is 6.44. The highest BCUT2D eigenvalue weighted by Gasteiger charge is 2.18. The zero-order chi connectivity index (χ0) is 19.1. The van der Waals surface area contributed by atoms with Gasteiger partial charge in [0.15, 0.2) is 0 Å². The largest absolute Gasteiger partial charge is 0.354 e. The first-order valence-electron chi connectivity index (χ1n) is 10.3. The number of fused-ring (bicyclic) bond motifs is 12. The fourth-order valence-corrected chi connectivity index (χ4v) is 6.53. The number of benzene rings is 4. The Morgan fingerprint density at radius 2 is 1.59 bits per heavy atom. The molecule has 138 valence electrons. The Hall–Kier alpha value is -3.10. The minimum absolute atomic E-state index is 0.578. The number of hydrogen-bond donors (Lipinski definition) is 1. The summed E-state index contributed by atoms with van der Waals surface area (Å²) < 4.78 is 2.81. The molecule has 7 rings (SSSR count). The van der Waals surface area contributed by atoms with Crippen LogP contribution in [0.3, 0.4) is 0 Å². The van der Waals surface area contributed by atoms with Crippen LogP contribution in [-0.2, 0) is 0 Å². The minimum atomic E-state index is 0.578. The molecule has 0 radical (unpaired) electrons. The molecule has 0 aliphatic heterocycles. The maximum atomic E-state index is 3.78. The Morgan fingerprint density at radius 3 is 2.48 bits per heavy atom. The second-order valence-electron chi connectivity index (χ2n) is 8.30. The number of thiophene rings is 1. The van der Waals surface area contributed by atoms with Crippen LogP contribution < -0.4 is 10.6 Å². The highest BCUT2D eigenvalue weighted by molar-refractivity contribution is 7.27. The monoisotopic (exact) mass is 389 g/mol. The average molecular weight is 390 g/mol. The van der Waals surface area contributed by atoms with E-state index < -0.39 is 0 Å². The topological polar surface area (TPSA) is 15.8 Å². The van der Waals surface area contributed by atoms with Crippen LogP contribution in [0.5, 0.6) is 0 Å². The molecule has 1 unspecified atom stereocenters. The molecule has 1 aliphatic carbocycles. The molecule has 0 spiro atoms. The fraction of sp³-hybridized carbons (Fsp3) is 0.111. The zero-order valence-electron chi connectivity index (χ0n) is 16.1. The van der Waals surface area contributed by atoms with Gasteiger partial charge in [-0.1, -0.05) is 79.7 Å². The van der Waals surface area contributed by atoms with Gasteiger partial charge in [0.2, 0.25) is 0 Å². The number of rotatable bonds is 0. The minimum Gasteiger partial charge on any atom is -0.354 e. The van der Waals surface area contributed by atoms with Crippen LogP contribution >= 0.6 is 11.3 Å². The van der Waals surface area contributed by atoms with Gasteiger partial charge in [-0.05, 0) is 23.1 Å². The van der Waals surface area contributed by atoms with Gasteiger partial charge in [0.1, 0.15) is 0 Å². The lowest BCUT2D eigenvalue weighted by Gasteiger charge is -2.06. The molecule has 2 heterocycles. The molecule has 0 saturated heterocycles. The van der Waals surface area contributed by atoms with Crippen molar-refractivity contribution in [1.82, 2.24) is 4.98 Å². The van der Waals surface area contributed by atoms with E-state index in [2.05, 4.69) is 84.7 Å². The number of hydrogen-bond acceptors (Lipinski definition) is 1. The van der Waals surface area contributed by atoms with Gasteiger partial charge in [-0.3, -0.25) is 0 Å². The summed E-state index contributed by atoms with van der Waals surface area (Å²) in [6.07, 6.45) is 5.95. The normalized spacial score (nSPS) is 16.5. The third-order valence-electron chi connectivity index (χ3n) is 6.49. The average Bonchev–Trinajstić information content (AvgIpc) is 3.32. The van der Waals surface area contributed by atoms with Crippen molar-refractivity contribution in [3.63, 3.8) is 0 Å². The van der Waals surface area contributed by atoms with E-state index in [9.17, 15) is 0 Å². The summed E-state index contributed by atoms with van der Waals surface area (Å²) in [6.45, 7) is 2.32. The summed E-state index contributed by atoms with van der Waals surface area (Å²) in [5, 5.41) is 12.2. The third-order valence-corrected chi connectivity index (χ3v) is 7.76. The third kappa shape index (κ3) is 2.00. The molecule has 0 saturated carbocycles. The van der Waals surface area contributed by atoms with Gasteiger partial charge in [-0.25, -0.2) is 0 Å². The molecule has 2 aromatic heterocycles. The van der Waals surface area contributed by atoms with Gasteiger partial charge in [0.05, 0.1) is 5.52 Å². The lowest BCUT2D eigenvalue weighted by atomic mass is 9.96. The van der Waals surface area contributed by atoms with E-state index >= 15 is 0 Å². The molecule has 0 amide bonds. The zero-order valence-corrected chi connectivity index (χ0v) is 16.9. The first-order chi connectivity index (χ1) is 14.3. The highest BCUT2D eigenvalue weighted by Crippen LogP contribution is 2.44. The highest BCUT2D eigenvalue weighted by atomic mass is 32.1. The Morgan fingerprint density at radius 1 is 0.793 bits per heavy atom. The first-order valence-corrected chi connectivity index (χ1v) is 11.1. The molecular formula is C27H19NS. The summed E-state index contributed by atoms with van der Waals surface area (Å²) in [4.78, 5) is 3.78. The van der Waals surface area contributed by atoms with E-state index in [0.717, 1.165) is 6.42 Å². The Labute approximate surface area is 171 Å². The van der Waals surface area contributed by atoms with Gasteiger partial charge in [0, 0.05) is 46.9 Å². The van der Waals surface area contributed by atoms with E-state index in [0.29, 0.717) is 5.92 Å². The number of nitrogens with one attached hydrogen (secondary N) is 1. The molecule has 1 N–H and O–H groups in total. The van der Waals surface area contributed by atoms with Crippen LogP contribution in [0.2, 0.25) is 0 Å². The number of H-pyrrole nitrogens is 1. The van der Waals surface area contributed by atoms with Crippen LogP contribution in [0.1, 0.15) is 13.3 Å². The lowest BCUT2D eigenvalue weighted by molar-refractivity contribution is 0.799. The molecule has 2 heteroatoms. The second-order valence-corrected chi connectivity index (χ2v) is 9.32. The van der Waals surface area contributed by atoms with Crippen molar-refractivity contribution in [2.45, 2.75) is 13.3 Å². The predicted molar refractivity (Wildman–Crippen MR) is 128 cm³/mol. The molecular weight excluding hydrogens is 370 g/mol. The quantitative estimate of drug-likeness (QED) is 0.307. The van der Waals surface area contributed by atoms with Crippen LogP contribution in [0.15, 0.2) is 60.7 Å². The Kier molecular flexibility index (Phi) is 2.99. The molecule has 6 aromatic rings. The van der Waals surface area contributed by atoms with Gasteiger partial charge < -0.3 is 4.98 Å². The van der Waals surface area contributed by atoms with Crippen molar-refractivity contribution in [2.24, 2.45) is 5.92 Å². The number of aromatic nitrogens is 1. The van der Waals surface area contributed by atoms with Gasteiger partial charge in [0.25, 0.3) is 0 Å². The van der Waals surface area contributed by atoms with Crippen molar-refractivity contribution in [3.05, 3.63) is 71.2 Å². The number of aromatic amines is 1. The molecule has 0 fully saturated rings. The van der Waals surface area contributed by atoms with Crippen LogP contribution in [0.4, 0.5) is 0 Å². The van der Waals surface area contributed by atoms with E-state index in [-0.39, 0.29) is 0 Å². The smallest absolute Gasteiger partial charge is 0.0551 e. The second kappa shape index (κ2) is 5.49. The summed E-state index contributed by atoms with van der Waals surface area (Å²) in [6, 6.07) is 22.3. The van der Waals surface area contributed by atoms with Crippen LogP contribution in [-0.4, -0.2) is 4.98 Å². The first kappa shape index (κ1) is 15.8. The van der Waals surface area contributed by atoms with Crippen molar-refractivity contribution < 1.29 is 0 Å². The van der Waals surface area contributed by atoms with Crippen LogP contribution in [0, 0.1) is 5.92 Å². The lowest BCUT2D eigenvalue weighted by Crippen LogP contribution is -2.26. The van der Waals surface area contributed by atoms with E-state index in [1.54, 1.807) is 0 Å². The molecule has 1 aliphatic rings.